The zero-order valence-electron chi connectivity index (χ0n) is 8.50. The molecule has 0 aliphatic heterocycles. The van der Waals surface area contributed by atoms with E-state index in [9.17, 15) is 0 Å². The third kappa shape index (κ3) is 2.02. The maximum absolute atomic E-state index is 5.86. The summed E-state index contributed by atoms with van der Waals surface area (Å²) in [5, 5.41) is 1.54. The largest absolute Gasteiger partial charge is 0.384 e. The average Bonchev–Trinajstić information content (AvgIpc) is 2.19. The fourth-order valence-corrected chi connectivity index (χ4v) is 1.83. The molecule has 0 bridgehead atoms. The van der Waals surface area contributed by atoms with Crippen molar-refractivity contribution in [3.63, 3.8) is 0 Å². The first-order valence-electron chi connectivity index (χ1n) is 4.91. The summed E-state index contributed by atoms with van der Waals surface area (Å²) < 4.78 is 0. The van der Waals surface area contributed by atoms with Crippen molar-refractivity contribution in [2.75, 3.05) is 5.73 Å². The third-order valence-corrected chi connectivity index (χ3v) is 2.49. The molecule has 2 aromatic heterocycles. The van der Waals surface area contributed by atoms with E-state index in [4.69, 9.17) is 17.3 Å². The number of nitrogens with two attached hydrogens (primary N) is 1. The molecule has 2 N–H and O–H groups in total. The summed E-state index contributed by atoms with van der Waals surface area (Å²) in [7, 11) is 0. The predicted molar refractivity (Wildman–Crippen MR) is 63.0 cm³/mol. The molecule has 2 rings (SSSR count). The first-order chi connectivity index (χ1) is 7.20. The van der Waals surface area contributed by atoms with Gasteiger partial charge in [0.2, 0.25) is 0 Å². The lowest BCUT2D eigenvalue weighted by atomic mass is 10.1. The molecular formula is C11H12ClN3. The van der Waals surface area contributed by atoms with Gasteiger partial charge in [-0.3, -0.25) is 0 Å². The van der Waals surface area contributed by atoms with Gasteiger partial charge in [0.1, 0.15) is 11.0 Å². The van der Waals surface area contributed by atoms with Gasteiger partial charge >= 0.3 is 0 Å². The van der Waals surface area contributed by atoms with Gasteiger partial charge < -0.3 is 5.73 Å². The lowest BCUT2D eigenvalue weighted by Crippen LogP contribution is -1.96. The van der Waals surface area contributed by atoms with E-state index in [-0.39, 0.29) is 0 Å². The minimum atomic E-state index is 0.492. The van der Waals surface area contributed by atoms with Gasteiger partial charge in [-0.1, -0.05) is 24.9 Å². The van der Waals surface area contributed by atoms with Crippen LogP contribution in [0.4, 0.5) is 5.82 Å². The number of hydrogen-bond donors (Lipinski definition) is 1. The highest BCUT2D eigenvalue weighted by molar-refractivity contribution is 6.30. The van der Waals surface area contributed by atoms with E-state index in [1.54, 1.807) is 6.20 Å². The molecule has 0 aliphatic carbocycles. The monoisotopic (exact) mass is 221 g/mol. The second kappa shape index (κ2) is 4.03. The Balaban J connectivity index is 2.70. The Bertz CT molecular complexity index is 496. The zero-order valence-corrected chi connectivity index (χ0v) is 9.25. The van der Waals surface area contributed by atoms with Crippen LogP contribution in [-0.2, 0) is 6.42 Å². The normalized spacial score (nSPS) is 10.8. The van der Waals surface area contributed by atoms with Crippen LogP contribution >= 0.6 is 11.6 Å². The van der Waals surface area contributed by atoms with E-state index in [0.29, 0.717) is 11.0 Å². The Morgan fingerprint density at radius 2 is 2.20 bits per heavy atom. The number of hydrogen-bond acceptors (Lipinski definition) is 3. The molecule has 0 aliphatic rings. The number of pyridine rings is 2. The van der Waals surface area contributed by atoms with Crippen LogP contribution in [-0.4, -0.2) is 9.97 Å². The molecule has 78 valence electrons. The van der Waals surface area contributed by atoms with Crippen LogP contribution in [0.25, 0.3) is 10.9 Å². The molecule has 0 saturated carbocycles. The van der Waals surface area contributed by atoms with Crippen molar-refractivity contribution in [3.05, 3.63) is 29.0 Å². The Morgan fingerprint density at radius 1 is 1.40 bits per heavy atom. The first kappa shape index (κ1) is 10.2. The van der Waals surface area contributed by atoms with Gasteiger partial charge in [0.25, 0.3) is 0 Å². The second-order valence-electron chi connectivity index (χ2n) is 3.48. The fourth-order valence-electron chi connectivity index (χ4n) is 1.67. The van der Waals surface area contributed by atoms with Crippen LogP contribution in [0.3, 0.4) is 0 Å². The van der Waals surface area contributed by atoms with E-state index >= 15 is 0 Å². The van der Waals surface area contributed by atoms with Gasteiger partial charge in [-0.2, -0.15) is 0 Å². The number of aromatic nitrogens is 2. The van der Waals surface area contributed by atoms with Gasteiger partial charge in [0.05, 0.1) is 11.7 Å². The Kier molecular flexibility index (Phi) is 2.73. The van der Waals surface area contributed by atoms with Crippen molar-refractivity contribution in [2.24, 2.45) is 0 Å². The van der Waals surface area contributed by atoms with Crippen LogP contribution in [0.15, 0.2) is 18.3 Å². The molecule has 0 atom stereocenters. The summed E-state index contributed by atoms with van der Waals surface area (Å²) in [5.41, 5.74) is 7.71. The quantitative estimate of drug-likeness (QED) is 0.794. The van der Waals surface area contributed by atoms with Crippen molar-refractivity contribution in [2.45, 2.75) is 19.8 Å². The van der Waals surface area contributed by atoms with Crippen LogP contribution in [0.5, 0.6) is 0 Å². The molecule has 0 spiro atoms. The van der Waals surface area contributed by atoms with Crippen LogP contribution < -0.4 is 5.73 Å². The van der Waals surface area contributed by atoms with Crippen LogP contribution in [0, 0.1) is 0 Å². The molecule has 4 heteroatoms. The van der Waals surface area contributed by atoms with Gasteiger partial charge in [0.15, 0.2) is 0 Å². The molecule has 2 aromatic rings. The number of aryl methyl sites for hydroxylation is 1. The smallest absolute Gasteiger partial charge is 0.129 e. The number of rotatable bonds is 2. The van der Waals surface area contributed by atoms with Gasteiger partial charge in [-0.15, -0.1) is 0 Å². The molecule has 15 heavy (non-hydrogen) atoms. The van der Waals surface area contributed by atoms with Crippen molar-refractivity contribution >= 4 is 28.3 Å². The van der Waals surface area contributed by atoms with Crippen molar-refractivity contribution < 1.29 is 0 Å². The summed E-state index contributed by atoms with van der Waals surface area (Å²) in [6, 6.07) is 3.75. The summed E-state index contributed by atoms with van der Waals surface area (Å²) in [6.07, 6.45) is 3.70. The number of halogens is 1. The SMILES string of the molecule is CCCc1cc(N)nc2cnc(Cl)cc12. The highest BCUT2D eigenvalue weighted by Gasteiger charge is 2.04. The molecular weight excluding hydrogens is 210 g/mol. The highest BCUT2D eigenvalue weighted by atomic mass is 35.5. The van der Waals surface area contributed by atoms with Crippen molar-refractivity contribution in [1.82, 2.24) is 9.97 Å². The summed E-state index contributed by atoms with van der Waals surface area (Å²) >= 11 is 5.86. The summed E-state index contributed by atoms with van der Waals surface area (Å²) in [5.74, 6) is 0.537. The Labute approximate surface area is 93.3 Å². The number of nitrogen functional groups attached to an aromatic ring is 1. The maximum Gasteiger partial charge on any atom is 0.129 e. The molecule has 0 unspecified atom stereocenters. The average molecular weight is 222 g/mol. The van der Waals surface area contributed by atoms with Gasteiger partial charge in [-0.05, 0) is 24.1 Å². The molecule has 2 heterocycles. The fraction of sp³-hybridized carbons (Fsp3) is 0.273. The van der Waals surface area contributed by atoms with Crippen LogP contribution in [0.1, 0.15) is 18.9 Å². The molecule has 0 saturated heterocycles. The lowest BCUT2D eigenvalue weighted by molar-refractivity contribution is 0.928. The topological polar surface area (TPSA) is 51.8 Å². The van der Waals surface area contributed by atoms with Crippen molar-refractivity contribution in [1.29, 1.82) is 0 Å². The van der Waals surface area contributed by atoms with Crippen LogP contribution in [0.2, 0.25) is 5.15 Å². The lowest BCUT2D eigenvalue weighted by Gasteiger charge is -2.06. The van der Waals surface area contributed by atoms with E-state index in [0.717, 1.165) is 23.7 Å². The summed E-state index contributed by atoms with van der Waals surface area (Å²) in [6.45, 7) is 2.13. The number of anilines is 1. The van der Waals surface area contributed by atoms with E-state index < -0.39 is 0 Å². The Morgan fingerprint density at radius 3 is 2.93 bits per heavy atom. The molecule has 0 fully saturated rings. The van der Waals surface area contributed by atoms with E-state index in [1.807, 2.05) is 12.1 Å². The number of nitrogens with zero attached hydrogens (tertiary/aromatic N) is 2. The number of fused-ring (bicyclic) bond motifs is 1. The summed E-state index contributed by atoms with van der Waals surface area (Å²) in [4.78, 5) is 8.21. The Hall–Kier alpha value is -1.35. The predicted octanol–water partition coefficient (Wildman–Crippen LogP) is 2.82. The minimum Gasteiger partial charge on any atom is -0.384 e. The molecule has 3 nitrogen and oxygen atoms in total. The highest BCUT2D eigenvalue weighted by Crippen LogP contribution is 2.22. The zero-order chi connectivity index (χ0) is 10.8. The molecule has 0 aromatic carbocycles. The maximum atomic E-state index is 5.86. The first-order valence-corrected chi connectivity index (χ1v) is 5.29. The third-order valence-electron chi connectivity index (χ3n) is 2.29. The minimum absolute atomic E-state index is 0.492. The molecule has 0 radical (unpaired) electrons. The van der Waals surface area contributed by atoms with Crippen molar-refractivity contribution in [3.8, 4) is 0 Å². The van der Waals surface area contributed by atoms with Gasteiger partial charge in [-0.25, -0.2) is 9.97 Å². The van der Waals surface area contributed by atoms with E-state index in [1.165, 1.54) is 5.56 Å². The molecule has 0 amide bonds. The van der Waals surface area contributed by atoms with E-state index in [2.05, 4.69) is 16.9 Å². The second-order valence-corrected chi connectivity index (χ2v) is 3.87. The van der Waals surface area contributed by atoms with Gasteiger partial charge in [0, 0.05) is 5.39 Å². The standard InChI is InChI=1S/C11H12ClN3/c1-2-3-7-4-11(13)15-9-6-14-10(12)5-8(7)9/h4-6H,2-3H2,1H3,(H2,13,15).